The molecule has 1 N–H and O–H groups in total. The van der Waals surface area contributed by atoms with Crippen LogP contribution < -0.4 is 5.56 Å². The highest BCUT2D eigenvalue weighted by atomic mass is 19.3. The van der Waals surface area contributed by atoms with Crippen molar-refractivity contribution in [3.63, 3.8) is 0 Å². The first-order valence-electron chi connectivity index (χ1n) is 14.9. The van der Waals surface area contributed by atoms with Crippen LogP contribution in [0.4, 0.5) is 8.78 Å². The molecule has 2 aromatic carbocycles. The van der Waals surface area contributed by atoms with E-state index < -0.39 is 23.4 Å². The molecule has 2 fully saturated rings. The van der Waals surface area contributed by atoms with E-state index in [0.29, 0.717) is 29.5 Å². The van der Waals surface area contributed by atoms with Crippen molar-refractivity contribution < 1.29 is 23.5 Å². The summed E-state index contributed by atoms with van der Waals surface area (Å²) < 4.78 is 29.5. The first-order valence-corrected chi connectivity index (χ1v) is 14.9. The lowest BCUT2D eigenvalue weighted by Gasteiger charge is -2.52. The normalized spacial score (nSPS) is 20.4. The molecule has 2 heterocycles. The highest BCUT2D eigenvalue weighted by Gasteiger charge is 2.55. The number of carbonyl (C=O) groups is 2. The van der Waals surface area contributed by atoms with Crippen molar-refractivity contribution >= 4 is 11.8 Å². The standard InChI is InChI=1S/C34H39F2N3O4/c1-37(2)32(42)28-21-39(30(41)19-26(28)24-11-5-3-6-12-24)23-34(43)17-18-38(22-33(34)15-9-10-16-33)29(40)20-27(31(35)36)25-13-7-4-8-14-25/h3-8,11-14,19,21,27,31,43H,9-10,15-18,20,22-23H2,1-2H3/t27-,34?/m0/s1. The van der Waals surface area contributed by atoms with Crippen molar-refractivity contribution in [1.29, 1.82) is 0 Å². The number of likely N-dealkylation sites (tertiary alicyclic amines) is 1. The highest BCUT2D eigenvalue weighted by Crippen LogP contribution is 2.52. The van der Waals surface area contributed by atoms with Gasteiger partial charge in [0.2, 0.25) is 12.3 Å². The van der Waals surface area contributed by atoms with Crippen molar-refractivity contribution in [3.8, 4) is 11.1 Å². The maximum Gasteiger partial charge on any atom is 0.255 e. The number of benzene rings is 2. The molecule has 0 radical (unpaired) electrons. The van der Waals surface area contributed by atoms with E-state index in [1.54, 1.807) is 49.3 Å². The van der Waals surface area contributed by atoms with Gasteiger partial charge in [-0.05, 0) is 30.4 Å². The smallest absolute Gasteiger partial charge is 0.255 e. The lowest BCUT2D eigenvalue weighted by atomic mass is 9.65. The van der Waals surface area contributed by atoms with Crippen LogP contribution in [0.25, 0.3) is 11.1 Å². The Kier molecular flexibility index (Phi) is 8.83. The Labute approximate surface area is 250 Å². The number of halogens is 2. The van der Waals surface area contributed by atoms with Crippen LogP contribution in [0.2, 0.25) is 0 Å². The number of pyridine rings is 1. The first kappa shape index (κ1) is 30.6. The molecule has 1 aliphatic carbocycles. The van der Waals surface area contributed by atoms with Gasteiger partial charge in [-0.25, -0.2) is 8.78 Å². The Morgan fingerprint density at radius 2 is 1.60 bits per heavy atom. The van der Waals surface area contributed by atoms with Gasteiger partial charge in [0.15, 0.2) is 0 Å². The molecule has 1 saturated carbocycles. The zero-order valence-corrected chi connectivity index (χ0v) is 24.7. The third-order valence-corrected chi connectivity index (χ3v) is 9.40. The topological polar surface area (TPSA) is 82.8 Å². The fourth-order valence-electron chi connectivity index (χ4n) is 6.93. The molecule has 9 heteroatoms. The molecule has 2 atom stereocenters. The van der Waals surface area contributed by atoms with Crippen LogP contribution in [-0.4, -0.2) is 70.5 Å². The van der Waals surface area contributed by atoms with E-state index in [0.717, 1.165) is 18.4 Å². The van der Waals surface area contributed by atoms with Gasteiger partial charge in [0.1, 0.15) is 0 Å². The number of piperidine rings is 1. The zero-order chi connectivity index (χ0) is 30.8. The molecule has 1 spiro atoms. The molecule has 5 rings (SSSR count). The fourth-order valence-corrected chi connectivity index (χ4v) is 6.93. The van der Waals surface area contributed by atoms with E-state index in [1.807, 2.05) is 30.3 Å². The van der Waals surface area contributed by atoms with Crippen molar-refractivity contribution in [3.05, 3.63) is 94.4 Å². The molecule has 0 bridgehead atoms. The lowest BCUT2D eigenvalue weighted by molar-refractivity contribution is -0.161. The van der Waals surface area contributed by atoms with Crippen LogP contribution in [0.5, 0.6) is 0 Å². The Morgan fingerprint density at radius 3 is 2.21 bits per heavy atom. The third-order valence-electron chi connectivity index (χ3n) is 9.40. The molecule has 7 nitrogen and oxygen atoms in total. The minimum Gasteiger partial charge on any atom is -0.387 e. The quantitative estimate of drug-likeness (QED) is 0.392. The minimum atomic E-state index is -2.68. The number of amides is 2. The van der Waals surface area contributed by atoms with Crippen LogP contribution >= 0.6 is 0 Å². The summed E-state index contributed by atoms with van der Waals surface area (Å²) in [5, 5.41) is 12.3. The van der Waals surface area contributed by atoms with Gasteiger partial charge >= 0.3 is 0 Å². The fraction of sp³-hybridized carbons (Fsp3) is 0.441. The number of carbonyl (C=O) groups excluding carboxylic acids is 2. The average Bonchev–Trinajstić information content (AvgIpc) is 3.48. The molecule has 1 aliphatic heterocycles. The summed E-state index contributed by atoms with van der Waals surface area (Å²) in [6.07, 6.45) is 1.78. The van der Waals surface area contributed by atoms with Crippen LogP contribution in [0.1, 0.15) is 60.4 Å². The summed E-state index contributed by atoms with van der Waals surface area (Å²) in [7, 11) is 3.30. The molecular formula is C34H39F2N3O4. The van der Waals surface area contributed by atoms with E-state index >= 15 is 0 Å². The Morgan fingerprint density at radius 1 is 0.977 bits per heavy atom. The van der Waals surface area contributed by atoms with Gasteiger partial charge < -0.3 is 19.5 Å². The largest absolute Gasteiger partial charge is 0.387 e. The average molecular weight is 592 g/mol. The van der Waals surface area contributed by atoms with Gasteiger partial charge in [-0.1, -0.05) is 73.5 Å². The summed E-state index contributed by atoms with van der Waals surface area (Å²) >= 11 is 0. The summed E-state index contributed by atoms with van der Waals surface area (Å²) in [5.74, 6) is -1.82. The second kappa shape index (κ2) is 12.4. The van der Waals surface area contributed by atoms with Gasteiger partial charge in [-0.15, -0.1) is 0 Å². The van der Waals surface area contributed by atoms with E-state index in [4.69, 9.17) is 0 Å². The van der Waals surface area contributed by atoms with Crippen LogP contribution in [-0.2, 0) is 11.3 Å². The van der Waals surface area contributed by atoms with Gasteiger partial charge in [0.25, 0.3) is 11.5 Å². The van der Waals surface area contributed by atoms with Crippen molar-refractivity contribution in [1.82, 2.24) is 14.4 Å². The molecular weight excluding hydrogens is 552 g/mol. The van der Waals surface area contributed by atoms with Gasteiger partial charge in [0, 0.05) is 56.8 Å². The van der Waals surface area contributed by atoms with Crippen LogP contribution in [0.3, 0.4) is 0 Å². The predicted octanol–water partition coefficient (Wildman–Crippen LogP) is 5.18. The van der Waals surface area contributed by atoms with Crippen molar-refractivity contribution in [2.45, 2.75) is 63.0 Å². The van der Waals surface area contributed by atoms with Crippen molar-refractivity contribution in [2.24, 2.45) is 5.41 Å². The van der Waals surface area contributed by atoms with Gasteiger partial charge in [-0.3, -0.25) is 14.4 Å². The maximum atomic E-state index is 14.0. The SMILES string of the molecule is CN(C)C(=O)c1cn(CC2(O)CCN(C(=O)C[C@@H](c3ccccc3)C(F)F)CC23CCCC3)c(=O)cc1-c1ccccc1. The van der Waals surface area contributed by atoms with E-state index in [2.05, 4.69) is 0 Å². The number of aliphatic hydroxyl groups is 1. The monoisotopic (exact) mass is 591 g/mol. The molecule has 1 saturated heterocycles. The van der Waals surface area contributed by atoms with E-state index in [9.17, 15) is 28.3 Å². The highest BCUT2D eigenvalue weighted by molar-refractivity contribution is 6.00. The van der Waals surface area contributed by atoms with Crippen LogP contribution in [0, 0.1) is 5.41 Å². The predicted molar refractivity (Wildman–Crippen MR) is 161 cm³/mol. The van der Waals surface area contributed by atoms with E-state index in [1.165, 1.54) is 21.7 Å². The van der Waals surface area contributed by atoms with Crippen LogP contribution in [0.15, 0.2) is 77.7 Å². The third kappa shape index (κ3) is 6.13. The Bertz CT molecular complexity index is 1500. The number of hydrogen-bond acceptors (Lipinski definition) is 4. The van der Waals surface area contributed by atoms with Gasteiger partial charge in [-0.2, -0.15) is 0 Å². The van der Waals surface area contributed by atoms with E-state index in [-0.39, 0.29) is 49.8 Å². The van der Waals surface area contributed by atoms with Gasteiger partial charge in [0.05, 0.1) is 23.6 Å². The molecule has 43 heavy (non-hydrogen) atoms. The maximum absolute atomic E-state index is 14.0. The molecule has 2 amide bonds. The summed E-state index contributed by atoms with van der Waals surface area (Å²) in [6, 6.07) is 19.1. The number of nitrogens with zero attached hydrogens (tertiary/aromatic N) is 3. The number of hydrogen-bond donors (Lipinski definition) is 1. The summed E-state index contributed by atoms with van der Waals surface area (Å²) in [5.41, 5.74) is -0.294. The molecule has 1 aromatic heterocycles. The Hall–Kier alpha value is -3.85. The second-order valence-corrected chi connectivity index (χ2v) is 12.3. The molecule has 1 unspecified atom stereocenters. The molecule has 3 aromatic rings. The lowest BCUT2D eigenvalue weighted by Crippen LogP contribution is -2.62. The molecule has 2 aliphatic rings. The number of aromatic nitrogens is 1. The number of rotatable bonds is 8. The van der Waals surface area contributed by atoms with Crippen molar-refractivity contribution in [2.75, 3.05) is 27.2 Å². The zero-order valence-electron chi connectivity index (χ0n) is 24.7. The summed E-state index contributed by atoms with van der Waals surface area (Å²) in [4.78, 5) is 43.2. The second-order valence-electron chi connectivity index (χ2n) is 12.3. The first-order chi connectivity index (χ1) is 20.5. The molecule has 228 valence electrons. The number of alkyl halides is 2. The summed E-state index contributed by atoms with van der Waals surface area (Å²) in [6.45, 7) is 0.413. The minimum absolute atomic E-state index is 0.0275. The Balaban J connectivity index is 1.43.